The Labute approximate surface area is 159 Å². The number of halogens is 1. The molecular formula is C23H36FNO. The molecule has 0 unspecified atom stereocenters. The van der Waals surface area contributed by atoms with Gasteiger partial charge in [-0.15, -0.1) is 0 Å². The summed E-state index contributed by atoms with van der Waals surface area (Å²) >= 11 is 0. The van der Waals surface area contributed by atoms with Crippen LogP contribution >= 0.6 is 0 Å². The lowest BCUT2D eigenvalue weighted by atomic mass is 9.80. The summed E-state index contributed by atoms with van der Waals surface area (Å²) in [6, 6.07) is 1.48. The zero-order chi connectivity index (χ0) is 18.6. The van der Waals surface area contributed by atoms with Crippen molar-refractivity contribution in [1.29, 1.82) is 5.26 Å². The second-order valence-corrected chi connectivity index (χ2v) is 8.28. The molecule has 26 heavy (non-hydrogen) atoms. The van der Waals surface area contributed by atoms with Crippen LogP contribution in [0.4, 0.5) is 4.39 Å². The third-order valence-corrected chi connectivity index (χ3v) is 6.25. The number of ether oxygens (including phenoxy) is 1. The number of hydrogen-bond acceptors (Lipinski definition) is 2. The molecule has 2 rings (SSSR count). The van der Waals surface area contributed by atoms with Crippen LogP contribution < -0.4 is 0 Å². The molecule has 2 nitrogen and oxygen atoms in total. The van der Waals surface area contributed by atoms with E-state index in [0.29, 0.717) is 6.10 Å². The van der Waals surface area contributed by atoms with Crippen molar-refractivity contribution in [2.24, 2.45) is 17.8 Å². The quantitative estimate of drug-likeness (QED) is 0.331. The van der Waals surface area contributed by atoms with Crippen LogP contribution in [-0.2, 0) is 4.74 Å². The fourth-order valence-corrected chi connectivity index (χ4v) is 4.57. The molecular weight excluding hydrogens is 325 g/mol. The Balaban J connectivity index is 1.53. The average molecular weight is 362 g/mol. The third kappa shape index (κ3) is 8.04. The van der Waals surface area contributed by atoms with Crippen LogP contribution in [0.25, 0.3) is 0 Å². The molecule has 0 amide bonds. The molecule has 2 fully saturated rings. The Morgan fingerprint density at radius 2 is 1.62 bits per heavy atom. The molecule has 0 heterocycles. The predicted molar refractivity (Wildman–Crippen MR) is 105 cm³/mol. The van der Waals surface area contributed by atoms with Crippen molar-refractivity contribution in [3.63, 3.8) is 0 Å². The van der Waals surface area contributed by atoms with Crippen LogP contribution in [0.1, 0.15) is 84.0 Å². The second-order valence-electron chi connectivity index (χ2n) is 8.28. The third-order valence-electron chi connectivity index (χ3n) is 6.25. The lowest BCUT2D eigenvalue weighted by Crippen LogP contribution is -2.26. The van der Waals surface area contributed by atoms with E-state index in [0.717, 1.165) is 37.2 Å². The SMILES string of the molecule is CCC[C@H]1CC[C@H](COC2CCC(CCC=CC=C(F)C#N)CC2)CC1. The van der Waals surface area contributed by atoms with Gasteiger partial charge in [0.05, 0.1) is 6.10 Å². The average Bonchev–Trinajstić information content (AvgIpc) is 2.68. The first kappa shape index (κ1) is 21.2. The summed E-state index contributed by atoms with van der Waals surface area (Å²) in [7, 11) is 0. The van der Waals surface area contributed by atoms with Crippen molar-refractivity contribution in [3.05, 3.63) is 24.1 Å². The highest BCUT2D eigenvalue weighted by atomic mass is 19.1. The number of nitriles is 1. The van der Waals surface area contributed by atoms with Gasteiger partial charge in [0, 0.05) is 6.61 Å². The second kappa shape index (κ2) is 12.3. The van der Waals surface area contributed by atoms with Gasteiger partial charge in [0.15, 0.2) is 5.83 Å². The maximum absolute atomic E-state index is 12.7. The molecule has 3 heteroatoms. The predicted octanol–water partition coefficient (Wildman–Crippen LogP) is 6.88. The van der Waals surface area contributed by atoms with Gasteiger partial charge in [0.1, 0.15) is 6.07 Å². The lowest BCUT2D eigenvalue weighted by molar-refractivity contribution is -0.0101. The fraction of sp³-hybridized carbons (Fsp3) is 0.783. The number of rotatable bonds is 9. The van der Waals surface area contributed by atoms with Crippen molar-refractivity contribution < 1.29 is 9.13 Å². The zero-order valence-corrected chi connectivity index (χ0v) is 16.5. The van der Waals surface area contributed by atoms with E-state index in [1.807, 2.05) is 6.08 Å². The van der Waals surface area contributed by atoms with Gasteiger partial charge in [0.2, 0.25) is 0 Å². The Kier molecular flexibility index (Phi) is 10.00. The van der Waals surface area contributed by atoms with Gasteiger partial charge in [-0.05, 0) is 75.2 Å². The molecule has 0 aromatic carbocycles. The molecule has 0 aliphatic heterocycles. The van der Waals surface area contributed by atoms with E-state index in [2.05, 4.69) is 6.92 Å². The van der Waals surface area contributed by atoms with Crippen LogP contribution in [0, 0.1) is 29.1 Å². The van der Waals surface area contributed by atoms with E-state index in [4.69, 9.17) is 10.00 Å². The normalized spacial score (nSPS) is 30.4. The lowest BCUT2D eigenvalue weighted by Gasteiger charge is -2.32. The molecule has 0 radical (unpaired) electrons. The van der Waals surface area contributed by atoms with E-state index in [-0.39, 0.29) is 0 Å². The first-order valence-electron chi connectivity index (χ1n) is 10.7. The van der Waals surface area contributed by atoms with Crippen molar-refractivity contribution in [1.82, 2.24) is 0 Å². The smallest absolute Gasteiger partial charge is 0.199 e. The number of hydrogen-bond donors (Lipinski definition) is 0. The monoisotopic (exact) mass is 361 g/mol. The van der Waals surface area contributed by atoms with Gasteiger partial charge in [-0.25, -0.2) is 0 Å². The van der Waals surface area contributed by atoms with Gasteiger partial charge in [0.25, 0.3) is 0 Å². The van der Waals surface area contributed by atoms with Crippen molar-refractivity contribution in [2.45, 2.75) is 90.1 Å². The van der Waals surface area contributed by atoms with Crippen LogP contribution in [0.15, 0.2) is 24.1 Å². The standard InChI is InChI=1S/C23H36FNO/c1-2-6-19-9-11-21(12-10-19)18-26-23-15-13-20(14-16-23)7-4-3-5-8-22(24)17-25/h3,5,8,19-21,23H,2,4,6-7,9-16,18H2,1H3/t19-,20?,21-,23?. The van der Waals surface area contributed by atoms with Crippen molar-refractivity contribution in [3.8, 4) is 6.07 Å². The Hall–Kier alpha value is -1.14. The van der Waals surface area contributed by atoms with Crippen LogP contribution in [0.2, 0.25) is 0 Å². The summed E-state index contributed by atoms with van der Waals surface area (Å²) in [5, 5.41) is 8.34. The number of nitrogens with zero attached hydrogens (tertiary/aromatic N) is 1. The summed E-state index contributed by atoms with van der Waals surface area (Å²) in [4.78, 5) is 0. The Morgan fingerprint density at radius 1 is 1.00 bits per heavy atom. The first-order valence-corrected chi connectivity index (χ1v) is 10.7. The first-order chi connectivity index (χ1) is 12.7. The molecule has 146 valence electrons. The molecule has 0 N–H and O–H groups in total. The molecule has 0 spiro atoms. The summed E-state index contributed by atoms with van der Waals surface area (Å²) in [6.45, 7) is 3.28. The molecule has 2 aliphatic carbocycles. The van der Waals surface area contributed by atoms with Crippen LogP contribution in [0.3, 0.4) is 0 Å². The molecule has 0 bridgehead atoms. The highest BCUT2D eigenvalue weighted by molar-refractivity contribution is 5.18. The summed E-state index contributed by atoms with van der Waals surface area (Å²) in [5.74, 6) is 1.83. The van der Waals surface area contributed by atoms with E-state index in [9.17, 15) is 4.39 Å². The highest BCUT2D eigenvalue weighted by Crippen LogP contribution is 2.33. The molecule has 0 aromatic heterocycles. The largest absolute Gasteiger partial charge is 0.378 e. The van der Waals surface area contributed by atoms with Gasteiger partial charge < -0.3 is 4.74 Å². The van der Waals surface area contributed by atoms with Gasteiger partial charge in [-0.2, -0.15) is 9.65 Å². The zero-order valence-electron chi connectivity index (χ0n) is 16.5. The van der Waals surface area contributed by atoms with Crippen LogP contribution in [-0.4, -0.2) is 12.7 Å². The van der Waals surface area contributed by atoms with Crippen molar-refractivity contribution >= 4 is 0 Å². The topological polar surface area (TPSA) is 33.0 Å². The minimum absolute atomic E-state index is 0.475. The maximum atomic E-state index is 12.7. The highest BCUT2D eigenvalue weighted by Gasteiger charge is 2.24. The minimum atomic E-state index is -0.724. The summed E-state index contributed by atoms with van der Waals surface area (Å²) in [5.41, 5.74) is 0. The summed E-state index contributed by atoms with van der Waals surface area (Å²) < 4.78 is 18.9. The van der Waals surface area contributed by atoms with Crippen LogP contribution in [0.5, 0.6) is 0 Å². The van der Waals surface area contributed by atoms with E-state index >= 15 is 0 Å². The van der Waals surface area contributed by atoms with Gasteiger partial charge in [-0.3, -0.25) is 0 Å². The Bertz CT molecular complexity index is 477. The Morgan fingerprint density at radius 3 is 2.27 bits per heavy atom. The van der Waals surface area contributed by atoms with Crippen molar-refractivity contribution in [2.75, 3.05) is 6.61 Å². The van der Waals surface area contributed by atoms with E-state index in [1.54, 1.807) is 6.08 Å². The molecule has 2 saturated carbocycles. The van der Waals surface area contributed by atoms with E-state index < -0.39 is 5.83 Å². The molecule has 2 aliphatic rings. The minimum Gasteiger partial charge on any atom is -0.378 e. The van der Waals surface area contributed by atoms with Gasteiger partial charge >= 0.3 is 0 Å². The maximum Gasteiger partial charge on any atom is 0.199 e. The molecule has 0 atom stereocenters. The fourth-order valence-electron chi connectivity index (χ4n) is 4.57. The van der Waals surface area contributed by atoms with E-state index in [1.165, 1.54) is 76.4 Å². The molecule has 0 saturated heterocycles. The summed E-state index contributed by atoms with van der Waals surface area (Å²) in [6.07, 6.45) is 20.7. The molecule has 0 aromatic rings. The van der Waals surface area contributed by atoms with Gasteiger partial charge in [-0.1, -0.05) is 44.8 Å². The number of allylic oxidation sites excluding steroid dienone is 4.